The molecule has 5 heteroatoms. The highest BCUT2D eigenvalue weighted by molar-refractivity contribution is 7.15. The summed E-state index contributed by atoms with van der Waals surface area (Å²) in [6, 6.07) is 0.634. The second kappa shape index (κ2) is 5.55. The summed E-state index contributed by atoms with van der Waals surface area (Å²) in [6.07, 6.45) is 2.15. The first kappa shape index (κ1) is 13.8. The van der Waals surface area contributed by atoms with E-state index in [9.17, 15) is 5.11 Å². The van der Waals surface area contributed by atoms with Gasteiger partial charge in [-0.05, 0) is 40.3 Å². The number of thiazole rings is 1. The summed E-state index contributed by atoms with van der Waals surface area (Å²) in [4.78, 5) is 10.2. The number of rotatable bonds is 4. The van der Waals surface area contributed by atoms with Gasteiger partial charge < -0.3 is 14.9 Å². The van der Waals surface area contributed by atoms with Crippen molar-refractivity contribution in [1.82, 2.24) is 9.88 Å². The van der Waals surface area contributed by atoms with E-state index in [0.717, 1.165) is 22.2 Å². The lowest BCUT2D eigenvalue weighted by atomic mass is 10.2. The molecule has 2 unspecified atom stereocenters. The molecule has 1 aromatic heterocycles. The van der Waals surface area contributed by atoms with Gasteiger partial charge >= 0.3 is 0 Å². The fourth-order valence-electron chi connectivity index (χ4n) is 2.55. The highest BCUT2D eigenvalue weighted by Gasteiger charge is 2.23. The molecule has 0 amide bonds. The van der Waals surface area contributed by atoms with Crippen LogP contribution in [0, 0.1) is 6.92 Å². The summed E-state index contributed by atoms with van der Waals surface area (Å²) >= 11 is 1.61. The van der Waals surface area contributed by atoms with Crippen molar-refractivity contribution in [1.29, 1.82) is 0 Å². The van der Waals surface area contributed by atoms with Crippen LogP contribution in [0.15, 0.2) is 0 Å². The summed E-state index contributed by atoms with van der Waals surface area (Å²) < 4.78 is 0. The molecule has 1 saturated heterocycles. The largest absolute Gasteiger partial charge is 0.388 e. The van der Waals surface area contributed by atoms with Gasteiger partial charge in [-0.15, -0.1) is 0 Å². The summed E-state index contributed by atoms with van der Waals surface area (Å²) in [5.74, 6) is 0. The Balaban J connectivity index is 2.04. The minimum Gasteiger partial charge on any atom is -0.388 e. The number of likely N-dealkylation sites (N-methyl/N-ethyl adjacent to an activating group) is 2. The van der Waals surface area contributed by atoms with E-state index in [1.165, 1.54) is 19.4 Å². The molecular weight excluding hydrogens is 246 g/mol. The lowest BCUT2D eigenvalue weighted by molar-refractivity contribution is 0.202. The van der Waals surface area contributed by atoms with Gasteiger partial charge in [0.2, 0.25) is 0 Å². The molecule has 1 aromatic rings. The van der Waals surface area contributed by atoms with E-state index < -0.39 is 6.10 Å². The number of hydrogen-bond acceptors (Lipinski definition) is 5. The Morgan fingerprint density at radius 1 is 1.61 bits per heavy atom. The number of aliphatic hydroxyl groups excluding tert-OH is 1. The minimum absolute atomic E-state index is 0.418. The van der Waals surface area contributed by atoms with Crippen LogP contribution in [0.3, 0.4) is 0 Å². The molecule has 102 valence electrons. The van der Waals surface area contributed by atoms with Crippen molar-refractivity contribution < 1.29 is 5.11 Å². The molecule has 0 bridgehead atoms. The molecule has 1 aliphatic rings. The minimum atomic E-state index is -0.418. The van der Waals surface area contributed by atoms with E-state index in [0.29, 0.717) is 6.04 Å². The molecule has 2 rings (SSSR count). The first-order valence-electron chi connectivity index (χ1n) is 6.55. The van der Waals surface area contributed by atoms with Crippen LogP contribution in [-0.4, -0.2) is 48.2 Å². The second-order valence-electron chi connectivity index (χ2n) is 5.28. The van der Waals surface area contributed by atoms with Crippen molar-refractivity contribution in [3.05, 3.63) is 10.6 Å². The van der Waals surface area contributed by atoms with Gasteiger partial charge in [0.05, 0.1) is 16.7 Å². The topological polar surface area (TPSA) is 39.6 Å². The normalized spacial score (nSPS) is 22.4. The van der Waals surface area contributed by atoms with Gasteiger partial charge in [0.25, 0.3) is 0 Å². The van der Waals surface area contributed by atoms with Gasteiger partial charge in [0.1, 0.15) is 0 Å². The van der Waals surface area contributed by atoms with Crippen LogP contribution in [-0.2, 0) is 0 Å². The highest BCUT2D eigenvalue weighted by Crippen LogP contribution is 2.30. The number of likely N-dealkylation sites (tertiary alicyclic amines) is 1. The average Bonchev–Trinajstić information content (AvgIpc) is 2.86. The molecule has 0 aliphatic carbocycles. The number of aryl methyl sites for hydroxylation is 1. The second-order valence-corrected chi connectivity index (χ2v) is 6.29. The summed E-state index contributed by atoms with van der Waals surface area (Å²) in [5.41, 5.74) is 0.955. The first-order valence-corrected chi connectivity index (χ1v) is 7.37. The van der Waals surface area contributed by atoms with Gasteiger partial charge in [0, 0.05) is 19.6 Å². The maximum Gasteiger partial charge on any atom is 0.185 e. The molecule has 1 fully saturated rings. The molecule has 0 spiro atoms. The van der Waals surface area contributed by atoms with Gasteiger partial charge in [0.15, 0.2) is 5.13 Å². The molecule has 18 heavy (non-hydrogen) atoms. The zero-order valence-electron chi connectivity index (χ0n) is 11.7. The van der Waals surface area contributed by atoms with Crippen molar-refractivity contribution in [2.75, 3.05) is 32.1 Å². The SMILES string of the molecule is Cc1nc(N(C)CC2CCCN2C)sc1C(C)O. The van der Waals surface area contributed by atoms with E-state index in [1.54, 1.807) is 18.3 Å². The van der Waals surface area contributed by atoms with Crippen molar-refractivity contribution in [2.45, 2.75) is 38.8 Å². The fraction of sp³-hybridized carbons (Fsp3) is 0.769. The Bertz CT molecular complexity index is 405. The number of nitrogens with zero attached hydrogens (tertiary/aromatic N) is 3. The van der Waals surface area contributed by atoms with Gasteiger partial charge in [-0.25, -0.2) is 4.98 Å². The highest BCUT2D eigenvalue weighted by atomic mass is 32.1. The Morgan fingerprint density at radius 2 is 2.33 bits per heavy atom. The maximum atomic E-state index is 9.67. The maximum absolute atomic E-state index is 9.67. The third-order valence-electron chi connectivity index (χ3n) is 3.68. The predicted molar refractivity (Wildman–Crippen MR) is 76.4 cm³/mol. The van der Waals surface area contributed by atoms with E-state index in [4.69, 9.17) is 0 Å². The quantitative estimate of drug-likeness (QED) is 0.908. The zero-order valence-corrected chi connectivity index (χ0v) is 12.5. The van der Waals surface area contributed by atoms with Crippen LogP contribution < -0.4 is 4.90 Å². The number of aliphatic hydroxyl groups is 1. The Labute approximate surface area is 113 Å². The summed E-state index contributed by atoms with van der Waals surface area (Å²) in [5, 5.41) is 10.7. The lowest BCUT2D eigenvalue weighted by Crippen LogP contribution is -2.36. The van der Waals surface area contributed by atoms with Crippen molar-refractivity contribution >= 4 is 16.5 Å². The first-order chi connectivity index (χ1) is 8.49. The van der Waals surface area contributed by atoms with Crippen LogP contribution in [0.1, 0.15) is 36.4 Å². The average molecular weight is 269 g/mol. The van der Waals surface area contributed by atoms with Crippen molar-refractivity contribution in [3.63, 3.8) is 0 Å². The summed E-state index contributed by atoms with van der Waals surface area (Å²) in [7, 11) is 4.29. The fourth-order valence-corrected chi connectivity index (χ4v) is 3.52. The standard InChI is InChI=1S/C13H23N3OS/c1-9-12(10(2)17)18-13(14-9)16(4)8-11-6-5-7-15(11)3/h10-11,17H,5-8H2,1-4H3. The Kier molecular flexibility index (Phi) is 4.25. The third kappa shape index (κ3) is 2.84. The monoisotopic (exact) mass is 269 g/mol. The lowest BCUT2D eigenvalue weighted by Gasteiger charge is -2.25. The van der Waals surface area contributed by atoms with E-state index in [-0.39, 0.29) is 0 Å². The molecule has 2 heterocycles. The van der Waals surface area contributed by atoms with Gasteiger partial charge in [-0.2, -0.15) is 0 Å². The number of anilines is 1. The van der Waals surface area contributed by atoms with Gasteiger partial charge in [-0.3, -0.25) is 0 Å². The molecule has 1 aliphatic heterocycles. The molecular formula is C13H23N3OS. The predicted octanol–water partition coefficient (Wildman–Crippen LogP) is 2.04. The van der Waals surface area contributed by atoms with E-state index in [2.05, 4.69) is 28.9 Å². The van der Waals surface area contributed by atoms with Crippen LogP contribution >= 0.6 is 11.3 Å². The Hall–Kier alpha value is -0.650. The van der Waals surface area contributed by atoms with E-state index >= 15 is 0 Å². The Morgan fingerprint density at radius 3 is 2.83 bits per heavy atom. The van der Waals surface area contributed by atoms with E-state index in [1.807, 2.05) is 6.92 Å². The molecule has 1 N–H and O–H groups in total. The summed E-state index contributed by atoms with van der Waals surface area (Å²) in [6.45, 7) is 5.99. The van der Waals surface area contributed by atoms with Crippen LogP contribution in [0.25, 0.3) is 0 Å². The van der Waals surface area contributed by atoms with Crippen LogP contribution in [0.4, 0.5) is 5.13 Å². The molecule has 0 aromatic carbocycles. The number of hydrogen-bond donors (Lipinski definition) is 1. The third-order valence-corrected chi connectivity index (χ3v) is 5.13. The smallest absolute Gasteiger partial charge is 0.185 e. The van der Waals surface area contributed by atoms with Crippen molar-refractivity contribution in [3.8, 4) is 0 Å². The molecule has 0 saturated carbocycles. The van der Waals surface area contributed by atoms with Crippen LogP contribution in [0.5, 0.6) is 0 Å². The van der Waals surface area contributed by atoms with Crippen LogP contribution in [0.2, 0.25) is 0 Å². The van der Waals surface area contributed by atoms with Gasteiger partial charge in [-0.1, -0.05) is 11.3 Å². The molecule has 0 radical (unpaired) electrons. The van der Waals surface area contributed by atoms with Crippen molar-refractivity contribution in [2.24, 2.45) is 0 Å². The molecule has 2 atom stereocenters. The number of aromatic nitrogens is 1. The zero-order chi connectivity index (χ0) is 13.3. The molecule has 4 nitrogen and oxygen atoms in total.